The van der Waals surface area contributed by atoms with Crippen LogP contribution in [0.25, 0.3) is 11.0 Å². The van der Waals surface area contributed by atoms with Gasteiger partial charge in [0, 0.05) is 5.39 Å². The Bertz CT molecular complexity index is 701. The van der Waals surface area contributed by atoms with Gasteiger partial charge in [-0.3, -0.25) is 0 Å². The van der Waals surface area contributed by atoms with Crippen LogP contribution in [0, 0.1) is 5.92 Å². The molecular weight excluding hydrogens is 246 g/mol. The normalized spacial score (nSPS) is 16.4. The SMILES string of the molecule is NC(c1cc2ccccc2o1)C1Cc2ccccc2C1. The van der Waals surface area contributed by atoms with Crippen molar-refractivity contribution in [1.82, 2.24) is 0 Å². The van der Waals surface area contributed by atoms with Gasteiger partial charge in [-0.15, -0.1) is 0 Å². The first-order valence-electron chi connectivity index (χ1n) is 7.12. The van der Waals surface area contributed by atoms with E-state index in [0.29, 0.717) is 5.92 Å². The van der Waals surface area contributed by atoms with E-state index in [9.17, 15) is 0 Å². The van der Waals surface area contributed by atoms with Crippen molar-refractivity contribution in [2.24, 2.45) is 11.7 Å². The Morgan fingerprint density at radius 2 is 1.60 bits per heavy atom. The molecule has 1 unspecified atom stereocenters. The lowest BCUT2D eigenvalue weighted by molar-refractivity contribution is 0.385. The van der Waals surface area contributed by atoms with Crippen LogP contribution in [0.4, 0.5) is 0 Å². The molecule has 0 amide bonds. The number of hydrogen-bond acceptors (Lipinski definition) is 2. The zero-order valence-electron chi connectivity index (χ0n) is 11.3. The fourth-order valence-electron chi connectivity index (χ4n) is 3.25. The summed E-state index contributed by atoms with van der Waals surface area (Å²) in [6.45, 7) is 0. The fourth-order valence-corrected chi connectivity index (χ4v) is 3.25. The Balaban J connectivity index is 1.63. The van der Waals surface area contributed by atoms with Crippen LogP contribution in [0.3, 0.4) is 0 Å². The summed E-state index contributed by atoms with van der Waals surface area (Å²) in [6, 6.07) is 18.8. The Labute approximate surface area is 118 Å². The molecular formula is C18H17NO. The average molecular weight is 263 g/mol. The molecule has 0 saturated heterocycles. The molecule has 4 rings (SSSR count). The minimum absolute atomic E-state index is 0.0326. The van der Waals surface area contributed by atoms with Crippen molar-refractivity contribution in [3.8, 4) is 0 Å². The van der Waals surface area contributed by atoms with Crippen molar-refractivity contribution in [3.63, 3.8) is 0 Å². The minimum atomic E-state index is -0.0326. The van der Waals surface area contributed by atoms with Crippen molar-refractivity contribution in [1.29, 1.82) is 0 Å². The lowest BCUT2D eigenvalue weighted by Gasteiger charge is -2.16. The van der Waals surface area contributed by atoms with Crippen LogP contribution in [0.1, 0.15) is 22.9 Å². The molecule has 2 heteroatoms. The summed E-state index contributed by atoms with van der Waals surface area (Å²) in [5.74, 6) is 1.34. The minimum Gasteiger partial charge on any atom is -0.459 e. The first-order chi connectivity index (χ1) is 9.81. The second-order valence-electron chi connectivity index (χ2n) is 5.65. The second kappa shape index (κ2) is 4.50. The largest absolute Gasteiger partial charge is 0.459 e. The molecule has 0 fully saturated rings. The van der Waals surface area contributed by atoms with Gasteiger partial charge in [0.2, 0.25) is 0 Å². The number of furan rings is 1. The van der Waals surface area contributed by atoms with Gasteiger partial charge < -0.3 is 10.2 Å². The van der Waals surface area contributed by atoms with Crippen molar-refractivity contribution >= 4 is 11.0 Å². The van der Waals surface area contributed by atoms with Crippen molar-refractivity contribution in [2.75, 3.05) is 0 Å². The molecule has 2 nitrogen and oxygen atoms in total. The molecule has 0 spiro atoms. The number of benzene rings is 2. The lowest BCUT2D eigenvalue weighted by atomic mass is 9.95. The van der Waals surface area contributed by atoms with Crippen LogP contribution in [0.15, 0.2) is 59.0 Å². The van der Waals surface area contributed by atoms with E-state index in [1.165, 1.54) is 11.1 Å². The van der Waals surface area contributed by atoms with E-state index in [2.05, 4.69) is 36.4 Å². The monoisotopic (exact) mass is 263 g/mol. The summed E-state index contributed by atoms with van der Waals surface area (Å²) in [5.41, 5.74) is 10.2. The predicted octanol–water partition coefficient (Wildman–Crippen LogP) is 3.85. The smallest absolute Gasteiger partial charge is 0.134 e. The van der Waals surface area contributed by atoms with Gasteiger partial charge in [0.25, 0.3) is 0 Å². The van der Waals surface area contributed by atoms with Gasteiger partial charge in [-0.25, -0.2) is 0 Å². The van der Waals surface area contributed by atoms with Crippen molar-refractivity contribution in [2.45, 2.75) is 18.9 Å². The highest BCUT2D eigenvalue weighted by atomic mass is 16.3. The Kier molecular flexibility index (Phi) is 2.64. The lowest BCUT2D eigenvalue weighted by Crippen LogP contribution is -2.21. The number of fused-ring (bicyclic) bond motifs is 2. The number of rotatable bonds is 2. The summed E-state index contributed by atoms with van der Waals surface area (Å²) in [4.78, 5) is 0. The molecule has 1 aliphatic carbocycles. The van der Waals surface area contributed by atoms with Crippen LogP contribution in [-0.2, 0) is 12.8 Å². The number of para-hydroxylation sites is 1. The molecule has 1 atom stereocenters. The molecule has 20 heavy (non-hydrogen) atoms. The number of hydrogen-bond donors (Lipinski definition) is 1. The standard InChI is InChI=1S/C18H17NO/c19-18(15-9-12-5-1-2-6-13(12)10-15)17-11-14-7-3-4-8-16(14)20-17/h1-8,11,15,18H,9-10,19H2. The Morgan fingerprint density at radius 3 is 2.30 bits per heavy atom. The van der Waals surface area contributed by atoms with Crippen LogP contribution >= 0.6 is 0 Å². The van der Waals surface area contributed by atoms with Gasteiger partial charge in [0.05, 0.1) is 6.04 Å². The highest BCUT2D eigenvalue weighted by molar-refractivity contribution is 5.77. The molecule has 1 aliphatic rings. The predicted molar refractivity (Wildman–Crippen MR) is 80.5 cm³/mol. The second-order valence-corrected chi connectivity index (χ2v) is 5.65. The van der Waals surface area contributed by atoms with E-state index in [1.807, 2.05) is 18.2 Å². The van der Waals surface area contributed by atoms with E-state index in [4.69, 9.17) is 10.2 Å². The van der Waals surface area contributed by atoms with Gasteiger partial charge in [-0.1, -0.05) is 42.5 Å². The van der Waals surface area contributed by atoms with Gasteiger partial charge >= 0.3 is 0 Å². The van der Waals surface area contributed by atoms with E-state index in [0.717, 1.165) is 29.6 Å². The molecule has 3 aromatic rings. The molecule has 1 heterocycles. The molecule has 0 aliphatic heterocycles. The van der Waals surface area contributed by atoms with Gasteiger partial charge in [0.1, 0.15) is 11.3 Å². The highest BCUT2D eigenvalue weighted by Crippen LogP contribution is 2.35. The third-order valence-corrected chi connectivity index (χ3v) is 4.36. The van der Waals surface area contributed by atoms with Crippen molar-refractivity contribution < 1.29 is 4.42 Å². The zero-order valence-corrected chi connectivity index (χ0v) is 11.3. The molecule has 100 valence electrons. The molecule has 0 saturated carbocycles. The van der Waals surface area contributed by atoms with E-state index < -0.39 is 0 Å². The Morgan fingerprint density at radius 1 is 0.950 bits per heavy atom. The van der Waals surface area contributed by atoms with Crippen molar-refractivity contribution in [3.05, 3.63) is 71.5 Å². The molecule has 2 aromatic carbocycles. The quantitative estimate of drug-likeness (QED) is 0.762. The van der Waals surface area contributed by atoms with Crippen LogP contribution in [0.2, 0.25) is 0 Å². The summed E-state index contributed by atoms with van der Waals surface area (Å²) in [5, 5.41) is 1.13. The third-order valence-electron chi connectivity index (χ3n) is 4.36. The maximum Gasteiger partial charge on any atom is 0.134 e. The van der Waals surface area contributed by atoms with Crippen LogP contribution < -0.4 is 5.73 Å². The maximum atomic E-state index is 6.45. The van der Waals surface area contributed by atoms with Crippen LogP contribution in [0.5, 0.6) is 0 Å². The first-order valence-corrected chi connectivity index (χ1v) is 7.12. The highest BCUT2D eigenvalue weighted by Gasteiger charge is 2.29. The summed E-state index contributed by atoms with van der Waals surface area (Å²) in [7, 11) is 0. The fraction of sp³-hybridized carbons (Fsp3) is 0.222. The van der Waals surface area contributed by atoms with E-state index >= 15 is 0 Å². The molecule has 0 radical (unpaired) electrons. The van der Waals surface area contributed by atoms with E-state index in [-0.39, 0.29) is 6.04 Å². The number of nitrogens with two attached hydrogens (primary N) is 1. The topological polar surface area (TPSA) is 39.2 Å². The first kappa shape index (κ1) is 11.7. The molecule has 1 aromatic heterocycles. The molecule has 0 bridgehead atoms. The van der Waals surface area contributed by atoms with Gasteiger partial charge in [0.15, 0.2) is 0 Å². The zero-order chi connectivity index (χ0) is 13.5. The van der Waals surface area contributed by atoms with E-state index in [1.54, 1.807) is 0 Å². The molecule has 2 N–H and O–H groups in total. The third kappa shape index (κ3) is 1.84. The van der Waals surface area contributed by atoms with Crippen LogP contribution in [-0.4, -0.2) is 0 Å². The summed E-state index contributed by atoms with van der Waals surface area (Å²) in [6.07, 6.45) is 2.10. The Hall–Kier alpha value is -2.06. The average Bonchev–Trinajstić information content (AvgIpc) is 3.10. The maximum absolute atomic E-state index is 6.45. The summed E-state index contributed by atoms with van der Waals surface area (Å²) < 4.78 is 5.92. The van der Waals surface area contributed by atoms with Gasteiger partial charge in [-0.05, 0) is 42.0 Å². The summed E-state index contributed by atoms with van der Waals surface area (Å²) >= 11 is 0. The van der Waals surface area contributed by atoms with Gasteiger partial charge in [-0.2, -0.15) is 0 Å².